The van der Waals surface area contributed by atoms with Crippen LogP contribution in [0.1, 0.15) is 24.3 Å². The molecule has 1 aromatic heterocycles. The van der Waals surface area contributed by atoms with Crippen LogP contribution in [0.3, 0.4) is 0 Å². The van der Waals surface area contributed by atoms with Gasteiger partial charge in [-0.3, -0.25) is 5.43 Å². The number of hydrazone groups is 1. The monoisotopic (exact) mass is 323 g/mol. The van der Waals surface area contributed by atoms with Gasteiger partial charge >= 0.3 is 11.9 Å². The Morgan fingerprint density at radius 1 is 1.45 bits per heavy atom. The average Bonchev–Trinajstić information content (AvgIpc) is 2.92. The van der Waals surface area contributed by atoms with Crippen LogP contribution in [-0.4, -0.2) is 34.3 Å². The summed E-state index contributed by atoms with van der Waals surface area (Å²) in [7, 11) is 0. The maximum atomic E-state index is 11.8. The van der Waals surface area contributed by atoms with Crippen LogP contribution < -0.4 is 5.43 Å². The number of carboxylic acids is 1. The average molecular weight is 324 g/mol. The second-order valence-corrected chi connectivity index (χ2v) is 4.81. The van der Waals surface area contributed by atoms with Gasteiger partial charge in [0.1, 0.15) is 11.4 Å². The Labute approximate surface area is 130 Å². The molecule has 0 amide bonds. The van der Waals surface area contributed by atoms with Gasteiger partial charge in [0, 0.05) is 5.39 Å². The lowest BCUT2D eigenvalue weighted by atomic mass is 10.2. The van der Waals surface area contributed by atoms with Crippen molar-refractivity contribution in [2.24, 2.45) is 5.10 Å². The first kappa shape index (κ1) is 15.8. The molecule has 22 heavy (non-hydrogen) atoms. The summed E-state index contributed by atoms with van der Waals surface area (Å²) in [6.07, 6.45) is 0. The number of nitrogens with zero attached hydrogens (tertiary/aromatic N) is 1. The second-order valence-electron chi connectivity index (χ2n) is 4.40. The summed E-state index contributed by atoms with van der Waals surface area (Å²) >= 11 is 6.11. The minimum Gasteiger partial charge on any atom is -0.477 e. The Morgan fingerprint density at radius 2 is 2.18 bits per heavy atom. The minimum atomic E-state index is -1.13. The maximum Gasteiger partial charge on any atom is 0.354 e. The Hall–Kier alpha value is -2.54. The molecule has 0 bridgehead atoms. The summed E-state index contributed by atoms with van der Waals surface area (Å²) in [6.45, 7) is 3.33. The molecule has 0 aliphatic rings. The van der Waals surface area contributed by atoms with Crippen LogP contribution in [0, 0.1) is 0 Å². The zero-order valence-corrected chi connectivity index (χ0v) is 12.7. The normalized spacial score (nSPS) is 11.5. The van der Waals surface area contributed by atoms with E-state index >= 15 is 0 Å². The Bertz CT molecular complexity index is 767. The van der Waals surface area contributed by atoms with Gasteiger partial charge in [-0.25, -0.2) is 9.59 Å². The number of esters is 1. The number of nitrogens with one attached hydrogen (secondary N) is 2. The lowest BCUT2D eigenvalue weighted by Gasteiger charge is -2.04. The van der Waals surface area contributed by atoms with Crippen LogP contribution in [0.15, 0.2) is 23.3 Å². The first-order valence-electron chi connectivity index (χ1n) is 6.46. The molecule has 2 rings (SSSR count). The smallest absolute Gasteiger partial charge is 0.354 e. The minimum absolute atomic E-state index is 0.0970. The van der Waals surface area contributed by atoms with Gasteiger partial charge in [-0.05, 0) is 32.0 Å². The van der Waals surface area contributed by atoms with Crippen LogP contribution in [0.5, 0.6) is 0 Å². The van der Waals surface area contributed by atoms with E-state index in [9.17, 15) is 9.59 Å². The van der Waals surface area contributed by atoms with Crippen molar-refractivity contribution in [3.63, 3.8) is 0 Å². The molecule has 8 heteroatoms. The number of benzene rings is 1. The van der Waals surface area contributed by atoms with E-state index in [0.29, 0.717) is 21.6 Å². The third kappa shape index (κ3) is 3.20. The van der Waals surface area contributed by atoms with E-state index in [4.69, 9.17) is 21.4 Å². The number of ether oxygens (including phenoxy) is 1. The van der Waals surface area contributed by atoms with Gasteiger partial charge in [0.2, 0.25) is 0 Å². The molecule has 0 spiro atoms. The van der Waals surface area contributed by atoms with Crippen molar-refractivity contribution in [3.05, 3.63) is 28.9 Å². The molecule has 0 radical (unpaired) electrons. The molecule has 1 aromatic carbocycles. The number of hydrogen-bond acceptors (Lipinski definition) is 5. The number of aromatic amines is 1. The lowest BCUT2D eigenvalue weighted by Crippen LogP contribution is -2.10. The molecule has 3 N–H and O–H groups in total. The van der Waals surface area contributed by atoms with E-state index in [0.717, 1.165) is 0 Å². The second kappa shape index (κ2) is 6.48. The third-order valence-electron chi connectivity index (χ3n) is 2.89. The number of aromatic nitrogens is 1. The topological polar surface area (TPSA) is 104 Å². The number of aliphatic carboxylic acids is 1. The van der Waals surface area contributed by atoms with Gasteiger partial charge in [-0.2, -0.15) is 5.10 Å². The van der Waals surface area contributed by atoms with E-state index in [2.05, 4.69) is 15.5 Å². The van der Waals surface area contributed by atoms with Crippen molar-refractivity contribution in [2.45, 2.75) is 13.8 Å². The summed E-state index contributed by atoms with van der Waals surface area (Å²) in [5, 5.41) is 13.6. The molecule has 0 saturated carbocycles. The Morgan fingerprint density at radius 3 is 2.82 bits per heavy atom. The third-order valence-corrected chi connectivity index (χ3v) is 3.22. The summed E-state index contributed by atoms with van der Waals surface area (Å²) in [5.41, 5.74) is 3.84. The quantitative estimate of drug-likeness (QED) is 0.446. The molecule has 0 aliphatic carbocycles. The summed E-state index contributed by atoms with van der Waals surface area (Å²) < 4.78 is 4.93. The number of anilines is 1. The largest absolute Gasteiger partial charge is 0.477 e. The molecular formula is C14H14ClN3O4. The highest BCUT2D eigenvalue weighted by molar-refractivity contribution is 6.36. The Kier molecular flexibility index (Phi) is 4.67. The number of hydrogen-bond donors (Lipinski definition) is 3. The number of carboxylic acid groups (broad SMARTS) is 1. The van der Waals surface area contributed by atoms with E-state index < -0.39 is 11.9 Å². The van der Waals surface area contributed by atoms with Crippen LogP contribution >= 0.6 is 11.6 Å². The van der Waals surface area contributed by atoms with Crippen molar-refractivity contribution in [2.75, 3.05) is 12.0 Å². The van der Waals surface area contributed by atoms with Crippen LogP contribution in [0.2, 0.25) is 5.02 Å². The first-order valence-corrected chi connectivity index (χ1v) is 6.83. The van der Waals surface area contributed by atoms with Gasteiger partial charge in [-0.15, -0.1) is 0 Å². The Balaban J connectivity index is 2.43. The molecular weight excluding hydrogens is 310 g/mol. The van der Waals surface area contributed by atoms with E-state index in [-0.39, 0.29) is 18.0 Å². The van der Waals surface area contributed by atoms with Crippen LogP contribution in [0.4, 0.5) is 5.69 Å². The lowest BCUT2D eigenvalue weighted by molar-refractivity contribution is -0.129. The zero-order chi connectivity index (χ0) is 16.3. The fourth-order valence-electron chi connectivity index (χ4n) is 1.79. The fourth-order valence-corrected chi connectivity index (χ4v) is 2.00. The number of H-pyrrole nitrogens is 1. The van der Waals surface area contributed by atoms with E-state index in [1.54, 1.807) is 25.1 Å². The van der Waals surface area contributed by atoms with E-state index in [1.165, 1.54) is 6.92 Å². The van der Waals surface area contributed by atoms with Gasteiger partial charge in [0.15, 0.2) is 0 Å². The fraction of sp³-hybridized carbons (Fsp3) is 0.214. The molecule has 1 heterocycles. The molecule has 0 aliphatic heterocycles. The van der Waals surface area contributed by atoms with Crippen LogP contribution in [0.25, 0.3) is 10.9 Å². The first-order chi connectivity index (χ1) is 10.4. The van der Waals surface area contributed by atoms with Gasteiger partial charge in [-0.1, -0.05) is 11.6 Å². The van der Waals surface area contributed by atoms with E-state index in [1.807, 2.05) is 0 Å². The predicted octanol–water partition coefficient (Wildman–Crippen LogP) is 2.87. The van der Waals surface area contributed by atoms with Gasteiger partial charge in [0.05, 0.1) is 22.8 Å². The number of fused-ring (bicyclic) bond motifs is 1. The van der Waals surface area contributed by atoms with Crippen molar-refractivity contribution in [1.29, 1.82) is 0 Å². The molecule has 0 atom stereocenters. The zero-order valence-electron chi connectivity index (χ0n) is 11.9. The standard InChI is InChI=1S/C14H14ClN3O4/c1-3-22-14(21)11-6-8-9(15)4-5-10(12(8)16-11)18-17-7(2)13(19)20/h4-6,16,18H,3H2,1-2H3,(H,19,20)/b17-7+. The maximum absolute atomic E-state index is 11.8. The highest BCUT2D eigenvalue weighted by Crippen LogP contribution is 2.30. The summed E-state index contributed by atoms with van der Waals surface area (Å²) in [5.74, 6) is -1.62. The number of halogens is 1. The van der Waals surface area contributed by atoms with Gasteiger partial charge in [0.25, 0.3) is 0 Å². The number of rotatable bonds is 5. The highest BCUT2D eigenvalue weighted by atomic mass is 35.5. The molecule has 2 aromatic rings. The highest BCUT2D eigenvalue weighted by Gasteiger charge is 2.14. The van der Waals surface area contributed by atoms with Crippen LogP contribution in [-0.2, 0) is 9.53 Å². The number of carbonyl (C=O) groups excluding carboxylic acids is 1. The molecule has 0 unspecified atom stereocenters. The van der Waals surface area contributed by atoms with Crippen molar-refractivity contribution in [3.8, 4) is 0 Å². The summed E-state index contributed by atoms with van der Waals surface area (Å²) in [6, 6.07) is 4.84. The molecule has 0 saturated heterocycles. The molecule has 0 fully saturated rings. The van der Waals surface area contributed by atoms with Crippen molar-refractivity contribution in [1.82, 2.24) is 4.98 Å². The van der Waals surface area contributed by atoms with Gasteiger partial charge < -0.3 is 14.8 Å². The molecule has 7 nitrogen and oxygen atoms in total. The SMILES string of the molecule is CCOC(=O)c1cc2c(Cl)ccc(N/N=C(\C)C(=O)O)c2[nH]1. The van der Waals surface area contributed by atoms with Crippen molar-refractivity contribution >= 4 is 45.8 Å². The number of carbonyl (C=O) groups is 2. The molecule has 116 valence electrons. The predicted molar refractivity (Wildman–Crippen MR) is 83.6 cm³/mol. The van der Waals surface area contributed by atoms with Crippen molar-refractivity contribution < 1.29 is 19.4 Å². The summed E-state index contributed by atoms with van der Waals surface area (Å²) in [4.78, 5) is 25.4.